The maximum absolute atomic E-state index is 12.5. The third kappa shape index (κ3) is 3.40. The van der Waals surface area contributed by atoms with Gasteiger partial charge < -0.3 is 10.5 Å². The Morgan fingerprint density at radius 2 is 2.21 bits per heavy atom. The third-order valence-electron chi connectivity index (χ3n) is 1.74. The first kappa shape index (κ1) is 11.1. The molecule has 1 unspecified atom stereocenters. The number of nitrogens with two attached hydrogens (primary N) is 1. The Labute approximate surface area is 83.1 Å². The molecule has 0 fully saturated rings. The Kier molecular flexibility index (Phi) is 3.98. The lowest BCUT2D eigenvalue weighted by Gasteiger charge is -2.13. The van der Waals surface area contributed by atoms with Crippen molar-refractivity contribution in [3.63, 3.8) is 0 Å². The van der Waals surface area contributed by atoms with E-state index in [-0.39, 0.29) is 18.0 Å². The van der Waals surface area contributed by atoms with Crippen LogP contribution < -0.4 is 5.73 Å². The minimum atomic E-state index is -0.356. The van der Waals surface area contributed by atoms with E-state index in [9.17, 15) is 4.39 Å². The summed E-state index contributed by atoms with van der Waals surface area (Å²) in [5.41, 5.74) is 6.43. The molecule has 0 radical (unpaired) electrons. The molecule has 0 aliphatic rings. The zero-order chi connectivity index (χ0) is 10.6. The van der Waals surface area contributed by atoms with Gasteiger partial charge in [-0.3, -0.25) is 4.98 Å². The predicted molar refractivity (Wildman–Crippen MR) is 52.2 cm³/mol. The van der Waals surface area contributed by atoms with Crippen LogP contribution in [0.1, 0.15) is 25.6 Å². The normalized spacial score (nSPS) is 13.2. The Morgan fingerprint density at radius 3 is 2.71 bits per heavy atom. The lowest BCUT2D eigenvalue weighted by Crippen LogP contribution is -2.20. The zero-order valence-corrected chi connectivity index (χ0v) is 8.40. The number of pyridine rings is 1. The summed E-state index contributed by atoms with van der Waals surface area (Å²) in [6.45, 7) is 4.27. The van der Waals surface area contributed by atoms with Gasteiger partial charge in [0, 0.05) is 0 Å². The molecule has 1 aromatic heterocycles. The molecule has 78 valence electrons. The van der Waals surface area contributed by atoms with Gasteiger partial charge in [-0.2, -0.15) is 0 Å². The van der Waals surface area contributed by atoms with E-state index in [0.29, 0.717) is 12.3 Å². The maximum atomic E-state index is 12.5. The maximum Gasteiger partial charge on any atom is 0.141 e. The van der Waals surface area contributed by atoms with E-state index >= 15 is 0 Å². The molecular formula is C10H15FN2O. The molecule has 0 amide bonds. The smallest absolute Gasteiger partial charge is 0.141 e. The molecule has 2 N–H and O–H groups in total. The van der Waals surface area contributed by atoms with Gasteiger partial charge in [0.15, 0.2) is 0 Å². The number of ether oxygens (including phenoxy) is 1. The average Bonchev–Trinajstić information content (AvgIpc) is 2.15. The van der Waals surface area contributed by atoms with Gasteiger partial charge in [0.2, 0.25) is 0 Å². The van der Waals surface area contributed by atoms with E-state index in [1.165, 1.54) is 6.07 Å². The summed E-state index contributed by atoms with van der Waals surface area (Å²) >= 11 is 0. The van der Waals surface area contributed by atoms with Gasteiger partial charge in [-0.25, -0.2) is 4.39 Å². The van der Waals surface area contributed by atoms with E-state index in [0.717, 1.165) is 6.20 Å². The average molecular weight is 198 g/mol. The second-order valence-electron chi connectivity index (χ2n) is 3.39. The van der Waals surface area contributed by atoms with Gasteiger partial charge in [0.05, 0.1) is 30.6 Å². The summed E-state index contributed by atoms with van der Waals surface area (Å²) in [4.78, 5) is 3.88. The Morgan fingerprint density at radius 1 is 1.50 bits per heavy atom. The fraction of sp³-hybridized carbons (Fsp3) is 0.500. The first-order chi connectivity index (χ1) is 6.59. The van der Waals surface area contributed by atoms with Crippen LogP contribution in [-0.4, -0.2) is 17.7 Å². The molecule has 3 nitrogen and oxygen atoms in total. The molecule has 0 aliphatic heterocycles. The number of hydrogen-bond acceptors (Lipinski definition) is 3. The van der Waals surface area contributed by atoms with Crippen molar-refractivity contribution in [1.29, 1.82) is 0 Å². The number of aromatic nitrogens is 1. The highest BCUT2D eigenvalue weighted by Crippen LogP contribution is 2.08. The Balaban J connectivity index is 2.52. The minimum absolute atomic E-state index is 0.140. The Bertz CT molecular complexity index is 274. The minimum Gasteiger partial charge on any atom is -0.377 e. The van der Waals surface area contributed by atoms with Crippen molar-refractivity contribution >= 4 is 0 Å². The fourth-order valence-electron chi connectivity index (χ4n) is 0.988. The molecule has 0 aromatic carbocycles. The van der Waals surface area contributed by atoms with Crippen LogP contribution in [0.5, 0.6) is 0 Å². The first-order valence-electron chi connectivity index (χ1n) is 4.58. The van der Waals surface area contributed by atoms with Crippen LogP contribution in [0.4, 0.5) is 4.39 Å². The number of nitrogens with zero attached hydrogens (tertiary/aromatic N) is 1. The van der Waals surface area contributed by atoms with Crippen molar-refractivity contribution in [2.45, 2.75) is 26.0 Å². The van der Waals surface area contributed by atoms with E-state index in [2.05, 4.69) is 4.98 Å². The van der Waals surface area contributed by atoms with Crippen LogP contribution in [0.2, 0.25) is 0 Å². The summed E-state index contributed by atoms with van der Waals surface area (Å²) in [5, 5.41) is 0. The third-order valence-corrected chi connectivity index (χ3v) is 1.74. The van der Waals surface area contributed by atoms with Crippen molar-refractivity contribution in [2.75, 3.05) is 6.61 Å². The highest BCUT2D eigenvalue weighted by molar-refractivity contribution is 5.09. The molecule has 1 heterocycles. The lowest BCUT2D eigenvalue weighted by molar-refractivity contribution is 0.0676. The van der Waals surface area contributed by atoms with Crippen molar-refractivity contribution in [3.8, 4) is 0 Å². The predicted octanol–water partition coefficient (Wildman–Crippen LogP) is 1.65. The second-order valence-corrected chi connectivity index (χ2v) is 3.39. The van der Waals surface area contributed by atoms with E-state index in [4.69, 9.17) is 10.5 Å². The first-order valence-corrected chi connectivity index (χ1v) is 4.58. The molecule has 14 heavy (non-hydrogen) atoms. The van der Waals surface area contributed by atoms with Crippen LogP contribution in [0.3, 0.4) is 0 Å². The van der Waals surface area contributed by atoms with Crippen LogP contribution in [0.15, 0.2) is 18.3 Å². The van der Waals surface area contributed by atoms with Gasteiger partial charge in [0.25, 0.3) is 0 Å². The zero-order valence-electron chi connectivity index (χ0n) is 8.40. The molecule has 0 saturated heterocycles. The highest BCUT2D eigenvalue weighted by atomic mass is 19.1. The van der Waals surface area contributed by atoms with Gasteiger partial charge >= 0.3 is 0 Å². The highest BCUT2D eigenvalue weighted by Gasteiger charge is 2.08. The summed E-state index contributed by atoms with van der Waals surface area (Å²) < 4.78 is 17.9. The van der Waals surface area contributed by atoms with E-state index < -0.39 is 0 Å². The molecule has 0 aliphatic carbocycles. The van der Waals surface area contributed by atoms with Crippen molar-refractivity contribution < 1.29 is 9.13 Å². The quantitative estimate of drug-likeness (QED) is 0.800. The molecule has 0 bridgehead atoms. The standard InChI is InChI=1S/C10H15FN2O/c1-7(2)14-6-9(12)10-4-3-8(11)5-13-10/h3-5,7,9H,6,12H2,1-2H3. The SMILES string of the molecule is CC(C)OCC(N)c1ccc(F)cn1. The molecule has 1 atom stereocenters. The lowest BCUT2D eigenvalue weighted by atomic mass is 10.2. The monoisotopic (exact) mass is 198 g/mol. The molecule has 0 saturated carbocycles. The van der Waals surface area contributed by atoms with Crippen LogP contribution in [0, 0.1) is 5.82 Å². The number of hydrogen-bond donors (Lipinski definition) is 1. The van der Waals surface area contributed by atoms with E-state index in [1.807, 2.05) is 13.8 Å². The van der Waals surface area contributed by atoms with Crippen LogP contribution in [0.25, 0.3) is 0 Å². The van der Waals surface area contributed by atoms with Gasteiger partial charge in [0.1, 0.15) is 5.82 Å². The number of rotatable bonds is 4. The van der Waals surface area contributed by atoms with Crippen molar-refractivity contribution in [2.24, 2.45) is 5.73 Å². The topological polar surface area (TPSA) is 48.1 Å². The van der Waals surface area contributed by atoms with Crippen LogP contribution in [-0.2, 0) is 4.74 Å². The van der Waals surface area contributed by atoms with Gasteiger partial charge in [-0.1, -0.05) is 0 Å². The molecule has 1 aromatic rings. The van der Waals surface area contributed by atoms with Crippen molar-refractivity contribution in [3.05, 3.63) is 29.8 Å². The molecular weight excluding hydrogens is 183 g/mol. The molecule has 4 heteroatoms. The largest absolute Gasteiger partial charge is 0.377 e. The van der Waals surface area contributed by atoms with E-state index in [1.54, 1.807) is 6.07 Å². The van der Waals surface area contributed by atoms with Crippen molar-refractivity contribution in [1.82, 2.24) is 4.98 Å². The summed E-state index contributed by atoms with van der Waals surface area (Å²) in [5.74, 6) is -0.356. The molecule has 1 rings (SSSR count). The molecule has 0 spiro atoms. The summed E-state index contributed by atoms with van der Waals surface area (Å²) in [6.07, 6.45) is 1.30. The summed E-state index contributed by atoms with van der Waals surface area (Å²) in [7, 11) is 0. The summed E-state index contributed by atoms with van der Waals surface area (Å²) in [6, 6.07) is 2.62. The van der Waals surface area contributed by atoms with Crippen LogP contribution >= 0.6 is 0 Å². The van der Waals surface area contributed by atoms with Gasteiger partial charge in [-0.05, 0) is 26.0 Å². The second kappa shape index (κ2) is 5.02. The fourth-order valence-corrected chi connectivity index (χ4v) is 0.988. The van der Waals surface area contributed by atoms with Gasteiger partial charge in [-0.15, -0.1) is 0 Å². The number of halogens is 1. The Hall–Kier alpha value is -1.00.